The number of aromatic nitrogens is 2. The van der Waals surface area contributed by atoms with Gasteiger partial charge in [-0.15, -0.1) is 10.2 Å². The van der Waals surface area contributed by atoms with Crippen LogP contribution in [0.15, 0.2) is 36.4 Å². The number of nitrogens with one attached hydrogen (secondary N) is 1. The van der Waals surface area contributed by atoms with Crippen LogP contribution in [0.1, 0.15) is 12.5 Å². The highest BCUT2D eigenvalue weighted by Crippen LogP contribution is 2.19. The number of benzene rings is 1. The molecule has 1 heterocycles. The molecule has 4 heteroatoms. The molecular formula is C14H17N3O. The van der Waals surface area contributed by atoms with Crippen molar-refractivity contribution in [3.8, 4) is 11.3 Å². The second-order valence-corrected chi connectivity index (χ2v) is 4.36. The van der Waals surface area contributed by atoms with E-state index in [9.17, 15) is 5.11 Å². The Kier molecular flexibility index (Phi) is 3.89. The number of aryl methyl sites for hydroxylation is 1. The van der Waals surface area contributed by atoms with Crippen LogP contribution in [-0.4, -0.2) is 28.0 Å². The summed E-state index contributed by atoms with van der Waals surface area (Å²) < 4.78 is 0. The summed E-state index contributed by atoms with van der Waals surface area (Å²) in [6, 6.07) is 11.9. The summed E-state index contributed by atoms with van der Waals surface area (Å²) in [5, 5.41) is 20.6. The third-order valence-corrected chi connectivity index (χ3v) is 2.62. The molecule has 0 aliphatic carbocycles. The molecule has 18 heavy (non-hydrogen) atoms. The molecule has 2 N–H and O–H groups in total. The molecule has 1 unspecified atom stereocenters. The van der Waals surface area contributed by atoms with Gasteiger partial charge in [-0.05, 0) is 25.5 Å². The third kappa shape index (κ3) is 3.05. The van der Waals surface area contributed by atoms with Crippen molar-refractivity contribution in [1.82, 2.24) is 10.2 Å². The summed E-state index contributed by atoms with van der Waals surface area (Å²) in [6.07, 6.45) is -0.403. The van der Waals surface area contributed by atoms with Gasteiger partial charge in [-0.1, -0.05) is 30.3 Å². The molecule has 2 rings (SSSR count). The van der Waals surface area contributed by atoms with Gasteiger partial charge in [0.1, 0.15) is 0 Å². The van der Waals surface area contributed by atoms with Gasteiger partial charge >= 0.3 is 0 Å². The highest BCUT2D eigenvalue weighted by Gasteiger charge is 2.05. The minimum absolute atomic E-state index is 0.403. The van der Waals surface area contributed by atoms with E-state index in [-0.39, 0.29) is 0 Å². The van der Waals surface area contributed by atoms with Crippen LogP contribution in [-0.2, 0) is 0 Å². The summed E-state index contributed by atoms with van der Waals surface area (Å²) in [5.74, 6) is 0.718. The molecule has 0 radical (unpaired) electrons. The third-order valence-electron chi connectivity index (χ3n) is 2.62. The highest BCUT2D eigenvalue weighted by molar-refractivity contribution is 5.61. The first-order valence-corrected chi connectivity index (χ1v) is 5.98. The van der Waals surface area contributed by atoms with Gasteiger partial charge < -0.3 is 10.4 Å². The summed E-state index contributed by atoms with van der Waals surface area (Å²) >= 11 is 0. The van der Waals surface area contributed by atoms with Crippen LogP contribution < -0.4 is 5.32 Å². The maximum atomic E-state index is 9.23. The second kappa shape index (κ2) is 5.60. The van der Waals surface area contributed by atoms with Crippen molar-refractivity contribution in [3.63, 3.8) is 0 Å². The van der Waals surface area contributed by atoms with Crippen LogP contribution in [0.2, 0.25) is 0 Å². The van der Waals surface area contributed by atoms with E-state index in [4.69, 9.17) is 0 Å². The van der Waals surface area contributed by atoms with Crippen LogP contribution in [0.5, 0.6) is 0 Å². The van der Waals surface area contributed by atoms with Crippen molar-refractivity contribution in [2.75, 3.05) is 11.9 Å². The second-order valence-electron chi connectivity index (χ2n) is 4.36. The number of nitrogens with zero attached hydrogens (tertiary/aromatic N) is 2. The van der Waals surface area contributed by atoms with Gasteiger partial charge in [-0.2, -0.15) is 0 Å². The number of aliphatic hydroxyl groups excluding tert-OH is 1. The molecule has 0 spiro atoms. The van der Waals surface area contributed by atoms with Crippen LogP contribution in [0.3, 0.4) is 0 Å². The first-order valence-electron chi connectivity index (χ1n) is 5.98. The Bertz CT molecular complexity index is 512. The first kappa shape index (κ1) is 12.5. The van der Waals surface area contributed by atoms with E-state index in [1.807, 2.05) is 43.3 Å². The average molecular weight is 243 g/mol. The lowest BCUT2D eigenvalue weighted by atomic mass is 10.1. The predicted molar refractivity (Wildman–Crippen MR) is 72.4 cm³/mol. The lowest BCUT2D eigenvalue weighted by Crippen LogP contribution is -2.17. The Hall–Kier alpha value is -1.94. The van der Waals surface area contributed by atoms with Gasteiger partial charge in [0.2, 0.25) is 0 Å². The quantitative estimate of drug-likeness (QED) is 0.864. The van der Waals surface area contributed by atoms with Crippen molar-refractivity contribution < 1.29 is 5.11 Å². The zero-order chi connectivity index (χ0) is 13.0. The molecule has 1 aromatic heterocycles. The van der Waals surface area contributed by atoms with Gasteiger partial charge in [0.25, 0.3) is 0 Å². The molecule has 0 amide bonds. The molecule has 1 aromatic carbocycles. The van der Waals surface area contributed by atoms with E-state index in [0.717, 1.165) is 22.6 Å². The summed E-state index contributed by atoms with van der Waals surface area (Å²) in [5.41, 5.74) is 2.93. The van der Waals surface area contributed by atoms with Crippen LogP contribution in [0.25, 0.3) is 11.3 Å². The number of hydrogen-bond acceptors (Lipinski definition) is 4. The molecular weight excluding hydrogens is 226 g/mol. The lowest BCUT2D eigenvalue weighted by Gasteiger charge is -2.10. The Morgan fingerprint density at radius 1 is 1.22 bits per heavy atom. The largest absolute Gasteiger partial charge is 0.392 e. The summed E-state index contributed by atoms with van der Waals surface area (Å²) in [6.45, 7) is 4.18. The molecule has 2 aromatic rings. The fraction of sp³-hybridized carbons (Fsp3) is 0.286. The Morgan fingerprint density at radius 3 is 2.56 bits per heavy atom. The molecule has 0 fully saturated rings. The van der Waals surface area contributed by atoms with Gasteiger partial charge in [-0.3, -0.25) is 0 Å². The normalized spacial score (nSPS) is 12.2. The Labute approximate surface area is 107 Å². The first-order chi connectivity index (χ1) is 8.66. The lowest BCUT2D eigenvalue weighted by molar-refractivity contribution is 0.208. The zero-order valence-corrected chi connectivity index (χ0v) is 10.6. The molecule has 0 bridgehead atoms. The highest BCUT2D eigenvalue weighted by atomic mass is 16.3. The minimum atomic E-state index is -0.403. The van der Waals surface area contributed by atoms with Gasteiger partial charge in [0.05, 0.1) is 11.8 Å². The molecule has 1 atom stereocenters. The number of anilines is 1. The van der Waals surface area contributed by atoms with Crippen molar-refractivity contribution in [2.45, 2.75) is 20.0 Å². The van der Waals surface area contributed by atoms with E-state index in [2.05, 4.69) is 15.5 Å². The Balaban J connectivity index is 2.20. The van der Waals surface area contributed by atoms with E-state index in [1.165, 1.54) is 0 Å². The molecule has 4 nitrogen and oxygen atoms in total. The van der Waals surface area contributed by atoms with E-state index < -0.39 is 6.10 Å². The number of rotatable bonds is 4. The van der Waals surface area contributed by atoms with Crippen LogP contribution in [0, 0.1) is 6.92 Å². The smallest absolute Gasteiger partial charge is 0.151 e. The van der Waals surface area contributed by atoms with E-state index in [0.29, 0.717) is 6.54 Å². The van der Waals surface area contributed by atoms with Crippen LogP contribution >= 0.6 is 0 Å². The average Bonchev–Trinajstić information content (AvgIpc) is 2.38. The van der Waals surface area contributed by atoms with Gasteiger partial charge in [0.15, 0.2) is 5.82 Å². The Morgan fingerprint density at radius 2 is 1.94 bits per heavy atom. The van der Waals surface area contributed by atoms with E-state index in [1.54, 1.807) is 6.92 Å². The zero-order valence-electron chi connectivity index (χ0n) is 10.6. The summed E-state index contributed by atoms with van der Waals surface area (Å²) in [4.78, 5) is 0. The molecule has 0 aliphatic rings. The maximum Gasteiger partial charge on any atom is 0.151 e. The van der Waals surface area contributed by atoms with Crippen molar-refractivity contribution >= 4 is 5.82 Å². The van der Waals surface area contributed by atoms with E-state index >= 15 is 0 Å². The van der Waals surface area contributed by atoms with Crippen LogP contribution in [0.4, 0.5) is 5.82 Å². The van der Waals surface area contributed by atoms with Crippen molar-refractivity contribution in [1.29, 1.82) is 0 Å². The molecule has 94 valence electrons. The molecule has 0 saturated carbocycles. The van der Waals surface area contributed by atoms with Crippen molar-refractivity contribution in [3.05, 3.63) is 42.0 Å². The standard InChI is InChI=1S/C14H17N3O/c1-10-8-13(12-6-4-3-5-7-12)16-17-14(10)15-9-11(2)18/h3-8,11,18H,9H2,1-2H3,(H,15,17). The minimum Gasteiger partial charge on any atom is -0.392 e. The monoisotopic (exact) mass is 243 g/mol. The number of hydrogen-bond donors (Lipinski definition) is 2. The summed E-state index contributed by atoms with van der Waals surface area (Å²) in [7, 11) is 0. The number of aliphatic hydroxyl groups is 1. The van der Waals surface area contributed by atoms with Crippen molar-refractivity contribution in [2.24, 2.45) is 0 Å². The predicted octanol–water partition coefficient (Wildman–Crippen LogP) is 2.24. The topological polar surface area (TPSA) is 58.0 Å². The maximum absolute atomic E-state index is 9.23. The fourth-order valence-electron chi connectivity index (χ4n) is 1.65. The van der Waals surface area contributed by atoms with Gasteiger partial charge in [0, 0.05) is 12.1 Å². The molecule has 0 saturated heterocycles. The SMILES string of the molecule is Cc1cc(-c2ccccc2)nnc1NCC(C)O. The fourth-order valence-corrected chi connectivity index (χ4v) is 1.65. The molecule has 0 aliphatic heterocycles. The van der Waals surface area contributed by atoms with Gasteiger partial charge in [-0.25, -0.2) is 0 Å².